The van der Waals surface area contributed by atoms with Gasteiger partial charge in [-0.05, 0) is 12.8 Å². The fourth-order valence-electron chi connectivity index (χ4n) is 2.54. The molecular weight excluding hydrogens is 254 g/mol. The molecule has 18 heavy (non-hydrogen) atoms. The Morgan fingerprint density at radius 1 is 1.11 bits per heavy atom. The van der Waals surface area contributed by atoms with Crippen LogP contribution in [0.1, 0.15) is 32.1 Å². The number of nitrogens with zero attached hydrogens (tertiary/aromatic N) is 1. The molecule has 6 nitrogen and oxygen atoms in total. The minimum atomic E-state index is -3.41. The van der Waals surface area contributed by atoms with E-state index in [1.165, 1.54) is 4.31 Å². The lowest BCUT2D eigenvalue weighted by Gasteiger charge is -2.30. The molecule has 2 unspecified atom stereocenters. The Kier molecular flexibility index (Phi) is 4.97. The number of nitrogens with two attached hydrogens (primary N) is 1. The summed E-state index contributed by atoms with van der Waals surface area (Å²) in [6.45, 7) is 1.80. The molecule has 2 aliphatic rings. The maximum Gasteiger partial charge on any atom is 0.279 e. The molecule has 0 aromatic heterocycles. The second-order valence-electron chi connectivity index (χ2n) is 5.04. The third-order valence-electron chi connectivity index (χ3n) is 3.68. The van der Waals surface area contributed by atoms with Crippen LogP contribution in [0.2, 0.25) is 0 Å². The second kappa shape index (κ2) is 6.29. The second-order valence-corrected chi connectivity index (χ2v) is 6.74. The van der Waals surface area contributed by atoms with Gasteiger partial charge in [-0.25, -0.2) is 0 Å². The summed E-state index contributed by atoms with van der Waals surface area (Å²) in [5.41, 5.74) is 6.05. The van der Waals surface area contributed by atoms with Gasteiger partial charge >= 0.3 is 0 Å². The zero-order chi connectivity index (χ0) is 13.0. The molecule has 0 radical (unpaired) electrons. The quantitative estimate of drug-likeness (QED) is 0.701. The molecule has 2 fully saturated rings. The van der Waals surface area contributed by atoms with Gasteiger partial charge in [-0.3, -0.25) is 0 Å². The van der Waals surface area contributed by atoms with Crippen molar-refractivity contribution in [3.63, 3.8) is 0 Å². The van der Waals surface area contributed by atoms with Gasteiger partial charge in [0, 0.05) is 25.2 Å². The van der Waals surface area contributed by atoms with Crippen molar-refractivity contribution in [1.29, 1.82) is 0 Å². The van der Waals surface area contributed by atoms with E-state index in [0.29, 0.717) is 26.3 Å². The number of hydrogen-bond acceptors (Lipinski definition) is 4. The molecule has 2 atom stereocenters. The number of nitrogens with one attached hydrogen (secondary N) is 1. The first-order valence-electron chi connectivity index (χ1n) is 6.70. The molecule has 0 amide bonds. The Balaban J connectivity index is 1.97. The van der Waals surface area contributed by atoms with Crippen LogP contribution in [-0.4, -0.2) is 51.1 Å². The first kappa shape index (κ1) is 14.2. The van der Waals surface area contributed by atoms with E-state index in [0.717, 1.165) is 32.1 Å². The fraction of sp³-hybridized carbons (Fsp3) is 1.00. The molecule has 0 aromatic rings. The van der Waals surface area contributed by atoms with E-state index in [2.05, 4.69) is 4.72 Å². The monoisotopic (exact) mass is 277 g/mol. The SMILES string of the molecule is NC1CCCCCC1NS(=O)(=O)N1CCOCC1. The molecule has 1 saturated heterocycles. The molecule has 0 bridgehead atoms. The van der Waals surface area contributed by atoms with Crippen LogP contribution in [0.3, 0.4) is 0 Å². The molecule has 1 heterocycles. The normalized spacial score (nSPS) is 32.1. The maximum absolute atomic E-state index is 12.2. The van der Waals surface area contributed by atoms with Gasteiger partial charge in [0.1, 0.15) is 0 Å². The highest BCUT2D eigenvalue weighted by molar-refractivity contribution is 7.87. The van der Waals surface area contributed by atoms with Crippen molar-refractivity contribution in [3.05, 3.63) is 0 Å². The van der Waals surface area contributed by atoms with Crippen LogP contribution >= 0.6 is 0 Å². The molecule has 1 aliphatic carbocycles. The van der Waals surface area contributed by atoms with Crippen molar-refractivity contribution in [2.75, 3.05) is 26.3 Å². The molecule has 3 N–H and O–H groups in total. The van der Waals surface area contributed by atoms with Crippen LogP contribution in [0.15, 0.2) is 0 Å². The topological polar surface area (TPSA) is 84.7 Å². The number of hydrogen-bond donors (Lipinski definition) is 2. The van der Waals surface area contributed by atoms with E-state index in [-0.39, 0.29) is 12.1 Å². The predicted molar refractivity (Wildman–Crippen MR) is 69.3 cm³/mol. The zero-order valence-electron chi connectivity index (χ0n) is 10.7. The smallest absolute Gasteiger partial charge is 0.279 e. The molecule has 106 valence electrons. The van der Waals surface area contributed by atoms with E-state index in [1.807, 2.05) is 0 Å². The summed E-state index contributed by atoms with van der Waals surface area (Å²) in [7, 11) is -3.41. The number of morpholine rings is 1. The van der Waals surface area contributed by atoms with Gasteiger partial charge in [-0.15, -0.1) is 0 Å². The lowest BCUT2D eigenvalue weighted by atomic mass is 10.1. The average molecular weight is 277 g/mol. The molecule has 1 aliphatic heterocycles. The molecule has 1 saturated carbocycles. The summed E-state index contributed by atoms with van der Waals surface area (Å²) in [6.07, 6.45) is 5.02. The minimum Gasteiger partial charge on any atom is -0.379 e. The predicted octanol–water partition coefficient (Wildman–Crippen LogP) is -0.187. The van der Waals surface area contributed by atoms with Crippen molar-refractivity contribution in [2.24, 2.45) is 5.73 Å². The molecule has 7 heteroatoms. The van der Waals surface area contributed by atoms with E-state index in [9.17, 15) is 8.42 Å². The van der Waals surface area contributed by atoms with Gasteiger partial charge in [0.15, 0.2) is 0 Å². The first-order chi connectivity index (χ1) is 8.59. The highest BCUT2D eigenvalue weighted by Crippen LogP contribution is 2.18. The third-order valence-corrected chi connectivity index (χ3v) is 5.33. The van der Waals surface area contributed by atoms with Crippen molar-refractivity contribution in [1.82, 2.24) is 9.03 Å². The van der Waals surface area contributed by atoms with E-state index >= 15 is 0 Å². The number of ether oxygens (including phenoxy) is 1. The molecule has 0 spiro atoms. The van der Waals surface area contributed by atoms with Crippen molar-refractivity contribution < 1.29 is 13.2 Å². The van der Waals surface area contributed by atoms with Gasteiger partial charge in [0.25, 0.3) is 10.2 Å². The minimum absolute atomic E-state index is 0.0664. The Hall–Kier alpha value is -0.210. The van der Waals surface area contributed by atoms with Crippen LogP contribution in [-0.2, 0) is 14.9 Å². The van der Waals surface area contributed by atoms with Gasteiger partial charge in [0.05, 0.1) is 13.2 Å². The van der Waals surface area contributed by atoms with Crippen molar-refractivity contribution >= 4 is 10.2 Å². The highest BCUT2D eigenvalue weighted by atomic mass is 32.2. The van der Waals surface area contributed by atoms with Gasteiger partial charge in [0.2, 0.25) is 0 Å². The Morgan fingerprint density at radius 3 is 2.50 bits per heavy atom. The van der Waals surface area contributed by atoms with E-state index in [4.69, 9.17) is 10.5 Å². The maximum atomic E-state index is 12.2. The highest BCUT2D eigenvalue weighted by Gasteiger charge is 2.30. The number of rotatable bonds is 3. The van der Waals surface area contributed by atoms with Crippen molar-refractivity contribution in [3.8, 4) is 0 Å². The van der Waals surface area contributed by atoms with Crippen LogP contribution in [0.25, 0.3) is 0 Å². The summed E-state index contributed by atoms with van der Waals surface area (Å²) < 4.78 is 33.8. The first-order valence-corrected chi connectivity index (χ1v) is 8.14. The van der Waals surface area contributed by atoms with Gasteiger partial charge in [-0.1, -0.05) is 19.3 Å². The third kappa shape index (κ3) is 3.64. The Bertz CT molecular complexity index is 355. The fourth-order valence-corrected chi connectivity index (χ4v) is 3.99. The zero-order valence-corrected chi connectivity index (χ0v) is 11.5. The van der Waals surface area contributed by atoms with Crippen LogP contribution in [0.5, 0.6) is 0 Å². The summed E-state index contributed by atoms with van der Waals surface area (Å²) >= 11 is 0. The summed E-state index contributed by atoms with van der Waals surface area (Å²) in [5, 5.41) is 0. The lowest BCUT2D eigenvalue weighted by Crippen LogP contribution is -2.53. The molecular formula is C11H23N3O3S. The standard InChI is InChI=1S/C11H23N3O3S/c12-10-4-2-1-3-5-11(10)13-18(15,16)14-6-8-17-9-7-14/h10-11,13H,1-9,12H2. The molecule has 2 rings (SSSR count). The largest absolute Gasteiger partial charge is 0.379 e. The van der Waals surface area contributed by atoms with Crippen LogP contribution in [0, 0.1) is 0 Å². The Labute approximate surface area is 109 Å². The van der Waals surface area contributed by atoms with Crippen LogP contribution < -0.4 is 10.5 Å². The summed E-state index contributed by atoms with van der Waals surface area (Å²) in [6, 6.07) is -0.191. The Morgan fingerprint density at radius 2 is 1.78 bits per heavy atom. The van der Waals surface area contributed by atoms with Crippen LogP contribution in [0.4, 0.5) is 0 Å². The lowest BCUT2D eigenvalue weighted by molar-refractivity contribution is 0.0722. The molecule has 0 aromatic carbocycles. The average Bonchev–Trinajstić information content (AvgIpc) is 2.56. The van der Waals surface area contributed by atoms with E-state index in [1.54, 1.807) is 0 Å². The van der Waals surface area contributed by atoms with Gasteiger partial charge in [-0.2, -0.15) is 17.4 Å². The van der Waals surface area contributed by atoms with Crippen molar-refractivity contribution in [2.45, 2.75) is 44.2 Å². The van der Waals surface area contributed by atoms with Gasteiger partial charge < -0.3 is 10.5 Å². The summed E-state index contributed by atoms with van der Waals surface area (Å²) in [5.74, 6) is 0. The van der Waals surface area contributed by atoms with E-state index < -0.39 is 10.2 Å². The summed E-state index contributed by atoms with van der Waals surface area (Å²) in [4.78, 5) is 0.